The summed E-state index contributed by atoms with van der Waals surface area (Å²) in [6.07, 6.45) is 0.489. The van der Waals surface area contributed by atoms with Gasteiger partial charge >= 0.3 is 0 Å². The fourth-order valence-electron chi connectivity index (χ4n) is 2.62. The Labute approximate surface area is 77.2 Å². The van der Waals surface area contributed by atoms with Crippen LogP contribution in [0.15, 0.2) is 0 Å². The highest BCUT2D eigenvalue weighted by atomic mass is 19.1. The molecule has 4 heteroatoms. The van der Waals surface area contributed by atoms with Gasteiger partial charge in [-0.15, -0.1) is 0 Å². The molecule has 1 saturated carbocycles. The van der Waals surface area contributed by atoms with Crippen LogP contribution in [0.4, 0.5) is 4.39 Å². The van der Waals surface area contributed by atoms with Crippen molar-refractivity contribution in [2.24, 2.45) is 11.8 Å². The average molecular weight is 189 g/mol. The molecule has 0 aromatic rings. The van der Waals surface area contributed by atoms with Crippen LogP contribution in [-0.2, 0) is 0 Å². The maximum Gasteiger partial charge on any atom is 0.213 e. The monoisotopic (exact) mass is 189 g/mol. The third kappa shape index (κ3) is 1.71. The summed E-state index contributed by atoms with van der Waals surface area (Å²) in [6.45, 7) is 1.15. The molecule has 0 aromatic carbocycles. The van der Waals surface area contributed by atoms with Gasteiger partial charge in [-0.05, 0) is 18.8 Å². The first-order chi connectivity index (χ1) is 6.18. The maximum absolute atomic E-state index is 13.4. The van der Waals surface area contributed by atoms with E-state index in [1.165, 1.54) is 0 Å². The number of aliphatic hydroxyl groups is 2. The first-order valence-electron chi connectivity index (χ1n) is 4.92. The predicted octanol–water partition coefficient (Wildman–Crippen LogP) is 0.325. The zero-order chi connectivity index (χ0) is 9.42. The third-order valence-corrected chi connectivity index (χ3v) is 3.37. The number of fused-ring (bicyclic) bond motifs is 1. The number of alkyl halides is 1. The number of likely N-dealkylation sites (tertiary alicyclic amines) is 1. The van der Waals surface area contributed by atoms with E-state index in [9.17, 15) is 4.39 Å². The summed E-state index contributed by atoms with van der Waals surface area (Å²) in [5.41, 5.74) is 0. The molecular formula is C9H16FNO2. The van der Waals surface area contributed by atoms with E-state index >= 15 is 0 Å². The molecule has 13 heavy (non-hydrogen) atoms. The van der Waals surface area contributed by atoms with E-state index in [1.54, 1.807) is 4.90 Å². The number of halogens is 1. The van der Waals surface area contributed by atoms with Crippen LogP contribution < -0.4 is 0 Å². The van der Waals surface area contributed by atoms with Crippen LogP contribution in [0.2, 0.25) is 0 Å². The Morgan fingerprint density at radius 3 is 2.62 bits per heavy atom. The molecule has 3 nitrogen and oxygen atoms in total. The van der Waals surface area contributed by atoms with E-state index in [1.807, 2.05) is 0 Å². The van der Waals surface area contributed by atoms with Crippen LogP contribution >= 0.6 is 0 Å². The molecule has 76 valence electrons. The lowest BCUT2D eigenvalue weighted by Gasteiger charge is -2.27. The van der Waals surface area contributed by atoms with Crippen molar-refractivity contribution in [1.82, 2.24) is 4.90 Å². The molecule has 1 saturated heterocycles. The minimum atomic E-state index is -1.40. The van der Waals surface area contributed by atoms with Crippen LogP contribution in [0.5, 0.6) is 0 Å². The Kier molecular flexibility index (Phi) is 2.53. The summed E-state index contributed by atoms with van der Waals surface area (Å²) in [5, 5.41) is 17.9. The summed E-state index contributed by atoms with van der Waals surface area (Å²) >= 11 is 0. The molecule has 0 aromatic heterocycles. The molecule has 2 fully saturated rings. The van der Waals surface area contributed by atoms with Gasteiger partial charge in [-0.2, -0.15) is 0 Å². The quantitative estimate of drug-likeness (QED) is 0.584. The van der Waals surface area contributed by atoms with Gasteiger partial charge in [0.2, 0.25) is 6.41 Å². The van der Waals surface area contributed by atoms with Gasteiger partial charge in [-0.3, -0.25) is 4.90 Å². The van der Waals surface area contributed by atoms with E-state index in [2.05, 4.69) is 0 Å². The Hall–Kier alpha value is -0.190. The second-order valence-corrected chi connectivity index (χ2v) is 4.17. The average Bonchev–Trinajstić information content (AvgIpc) is 2.49. The fourth-order valence-corrected chi connectivity index (χ4v) is 2.62. The first kappa shape index (κ1) is 9.37. The largest absolute Gasteiger partial charge is 0.356 e. The molecule has 3 unspecified atom stereocenters. The van der Waals surface area contributed by atoms with Crippen molar-refractivity contribution in [3.8, 4) is 0 Å². The molecule has 1 aliphatic carbocycles. The molecule has 0 bridgehead atoms. The molecule has 1 aliphatic heterocycles. The lowest BCUT2D eigenvalue weighted by Crippen LogP contribution is -2.33. The molecule has 2 rings (SSSR count). The van der Waals surface area contributed by atoms with Crippen molar-refractivity contribution in [3.05, 3.63) is 0 Å². The molecule has 0 spiro atoms. The van der Waals surface area contributed by atoms with E-state index < -0.39 is 12.6 Å². The number of nitrogens with zero attached hydrogens (tertiary/aromatic N) is 1. The van der Waals surface area contributed by atoms with Crippen LogP contribution in [0.1, 0.15) is 19.3 Å². The Morgan fingerprint density at radius 1 is 1.23 bits per heavy atom. The van der Waals surface area contributed by atoms with Gasteiger partial charge in [-0.1, -0.05) is 6.42 Å². The smallest absolute Gasteiger partial charge is 0.213 e. The lowest BCUT2D eigenvalue weighted by molar-refractivity contribution is -0.148. The van der Waals surface area contributed by atoms with Crippen LogP contribution in [0, 0.1) is 11.8 Å². The van der Waals surface area contributed by atoms with Gasteiger partial charge in [0, 0.05) is 19.0 Å². The van der Waals surface area contributed by atoms with Crippen molar-refractivity contribution in [1.29, 1.82) is 0 Å². The summed E-state index contributed by atoms with van der Waals surface area (Å²) in [5.74, 6) is 0.376. The van der Waals surface area contributed by atoms with Gasteiger partial charge in [0.15, 0.2) is 0 Å². The minimum absolute atomic E-state index is 0.0375. The normalized spacial score (nSPS) is 41.1. The Morgan fingerprint density at radius 2 is 2.00 bits per heavy atom. The first-order valence-corrected chi connectivity index (χ1v) is 4.92. The predicted molar refractivity (Wildman–Crippen MR) is 45.5 cm³/mol. The van der Waals surface area contributed by atoms with Crippen LogP contribution in [-0.4, -0.2) is 40.8 Å². The Bertz CT molecular complexity index is 188. The Balaban J connectivity index is 2.00. The topological polar surface area (TPSA) is 43.7 Å². The fraction of sp³-hybridized carbons (Fsp3) is 1.00. The van der Waals surface area contributed by atoms with Crippen LogP contribution in [0.3, 0.4) is 0 Å². The van der Waals surface area contributed by atoms with Gasteiger partial charge in [0.05, 0.1) is 0 Å². The second-order valence-electron chi connectivity index (χ2n) is 4.17. The number of aliphatic hydroxyl groups excluding tert-OH is 1. The summed E-state index contributed by atoms with van der Waals surface area (Å²) < 4.78 is 13.4. The van der Waals surface area contributed by atoms with E-state index in [-0.39, 0.29) is 5.92 Å². The highest BCUT2D eigenvalue weighted by Crippen LogP contribution is 2.38. The van der Waals surface area contributed by atoms with Gasteiger partial charge < -0.3 is 10.2 Å². The highest BCUT2D eigenvalue weighted by molar-refractivity contribution is 4.91. The van der Waals surface area contributed by atoms with Crippen molar-refractivity contribution in [3.63, 3.8) is 0 Å². The van der Waals surface area contributed by atoms with E-state index in [4.69, 9.17) is 10.2 Å². The third-order valence-electron chi connectivity index (χ3n) is 3.37. The molecule has 2 N–H and O–H groups in total. The number of rotatable bonds is 1. The molecule has 2 aliphatic rings. The van der Waals surface area contributed by atoms with Crippen LogP contribution in [0.25, 0.3) is 0 Å². The zero-order valence-electron chi connectivity index (χ0n) is 7.56. The lowest BCUT2D eigenvalue weighted by atomic mass is 9.80. The molecular weight excluding hydrogens is 173 g/mol. The number of hydrogen-bond acceptors (Lipinski definition) is 3. The van der Waals surface area contributed by atoms with Gasteiger partial charge in [0.1, 0.15) is 6.17 Å². The standard InChI is InChI=1S/C9H16FNO2/c10-8-3-1-2-6-4-11(9(12)13)5-7(6)8/h6-9,12-13H,1-5H2. The molecule has 1 heterocycles. The molecule has 0 radical (unpaired) electrons. The van der Waals surface area contributed by atoms with E-state index in [0.717, 1.165) is 12.8 Å². The van der Waals surface area contributed by atoms with Crippen molar-refractivity contribution in [2.45, 2.75) is 31.8 Å². The number of hydrogen-bond donors (Lipinski definition) is 2. The highest BCUT2D eigenvalue weighted by Gasteiger charge is 2.41. The van der Waals surface area contributed by atoms with Crippen molar-refractivity contribution >= 4 is 0 Å². The summed E-state index contributed by atoms with van der Waals surface area (Å²) in [6, 6.07) is 0. The molecule has 3 atom stereocenters. The van der Waals surface area contributed by atoms with Crippen molar-refractivity contribution < 1.29 is 14.6 Å². The maximum atomic E-state index is 13.4. The summed E-state index contributed by atoms with van der Waals surface area (Å²) in [4.78, 5) is 1.55. The minimum Gasteiger partial charge on any atom is -0.356 e. The van der Waals surface area contributed by atoms with E-state index in [0.29, 0.717) is 25.4 Å². The van der Waals surface area contributed by atoms with Crippen molar-refractivity contribution in [2.75, 3.05) is 13.1 Å². The zero-order valence-corrected chi connectivity index (χ0v) is 7.56. The van der Waals surface area contributed by atoms with Gasteiger partial charge in [-0.25, -0.2) is 4.39 Å². The molecule has 0 amide bonds. The second kappa shape index (κ2) is 3.52. The van der Waals surface area contributed by atoms with Gasteiger partial charge in [0.25, 0.3) is 0 Å². The SMILES string of the molecule is OC(O)N1CC2CCCC(F)C2C1. The summed E-state index contributed by atoms with van der Waals surface area (Å²) in [7, 11) is 0.